The van der Waals surface area contributed by atoms with Crippen LogP contribution in [0.2, 0.25) is 0 Å². The summed E-state index contributed by atoms with van der Waals surface area (Å²) in [5.74, 6) is -0.0840. The second kappa shape index (κ2) is 8.27. The predicted octanol–water partition coefficient (Wildman–Crippen LogP) is 6.15. The molecule has 4 rings (SSSR count). The molecule has 0 aliphatic carbocycles. The summed E-state index contributed by atoms with van der Waals surface area (Å²) >= 11 is 6.49. The van der Waals surface area contributed by atoms with Gasteiger partial charge in [-0.15, -0.1) is 0 Å². The maximum atomic E-state index is 12.2. The number of hydrogen-bond acceptors (Lipinski definition) is 4. The fourth-order valence-electron chi connectivity index (χ4n) is 2.95. The largest absolute Gasteiger partial charge is 0.311 e. The van der Waals surface area contributed by atoms with Gasteiger partial charge in [-0.25, -0.2) is 0 Å². The fourth-order valence-corrected chi connectivity index (χ4v) is 4.45. The third-order valence-electron chi connectivity index (χ3n) is 4.30. The molecular formula is C22H17N2OPS2. The molecule has 3 aromatic rings. The number of anilines is 3. The number of thioether (sulfide) groups is 1. The molecule has 3 nitrogen and oxygen atoms in total. The lowest BCUT2D eigenvalue weighted by Gasteiger charge is -2.25. The van der Waals surface area contributed by atoms with E-state index in [-0.39, 0.29) is 5.91 Å². The van der Waals surface area contributed by atoms with Crippen LogP contribution in [0, 0.1) is 0 Å². The number of thiocarbonyl (C=S) groups is 1. The number of para-hydroxylation sites is 2. The van der Waals surface area contributed by atoms with Crippen LogP contribution in [-0.4, -0.2) is 14.9 Å². The number of nitrogens with zero attached hydrogens (tertiary/aromatic N) is 2. The Bertz CT molecular complexity index is 998. The topological polar surface area (TPSA) is 23.6 Å². The average Bonchev–Trinajstić information content (AvgIpc) is 2.98. The zero-order valence-electron chi connectivity index (χ0n) is 14.9. The third kappa shape index (κ3) is 3.88. The Morgan fingerprint density at radius 1 is 0.821 bits per heavy atom. The highest BCUT2D eigenvalue weighted by Gasteiger charge is 2.28. The quantitative estimate of drug-likeness (QED) is 0.287. The van der Waals surface area contributed by atoms with Crippen molar-refractivity contribution in [2.24, 2.45) is 0 Å². The molecule has 28 heavy (non-hydrogen) atoms. The Kier molecular flexibility index (Phi) is 5.58. The molecule has 1 heterocycles. The van der Waals surface area contributed by atoms with Crippen LogP contribution < -0.4 is 4.90 Å². The van der Waals surface area contributed by atoms with Gasteiger partial charge in [0.1, 0.15) is 0 Å². The third-order valence-corrected chi connectivity index (χ3v) is 6.50. The smallest absolute Gasteiger partial charge is 0.269 e. The fraction of sp³-hybridized carbons (Fsp3) is 0. The monoisotopic (exact) mass is 420 g/mol. The second-order valence-electron chi connectivity index (χ2n) is 6.15. The lowest BCUT2D eigenvalue weighted by Crippen LogP contribution is -2.15. The lowest BCUT2D eigenvalue weighted by atomic mass is 10.1. The Labute approximate surface area is 176 Å². The summed E-state index contributed by atoms with van der Waals surface area (Å²) in [5, 5.41) is 0. The summed E-state index contributed by atoms with van der Waals surface area (Å²) < 4.78 is 1.98. The number of benzene rings is 3. The van der Waals surface area contributed by atoms with Gasteiger partial charge in [0.15, 0.2) is 4.32 Å². The first-order chi connectivity index (χ1) is 13.6. The van der Waals surface area contributed by atoms with Crippen molar-refractivity contribution in [3.63, 3.8) is 0 Å². The van der Waals surface area contributed by atoms with Crippen molar-refractivity contribution in [3.05, 3.63) is 95.4 Å². The SMILES string of the molecule is O=C1/C(=C\c2ccc(N(c3ccccc3)c3ccccc3)cc2)SC(=S)N1P. The summed E-state index contributed by atoms with van der Waals surface area (Å²) in [6.45, 7) is 0. The Hall–Kier alpha value is -2.46. The molecule has 1 aliphatic heterocycles. The normalized spacial score (nSPS) is 15.3. The van der Waals surface area contributed by atoms with Crippen LogP contribution >= 0.6 is 33.4 Å². The van der Waals surface area contributed by atoms with Crippen LogP contribution in [-0.2, 0) is 4.79 Å². The standard InChI is InChI=1S/C22H17N2OPS2/c25-21-20(28-22(27)24(21)26)15-16-11-13-19(14-12-16)23(17-7-3-1-4-8-17)18-9-5-2-6-10-18/h1-15H,26H2/b20-15+. The summed E-state index contributed by atoms with van der Waals surface area (Å²) in [6, 6.07) is 28.7. The lowest BCUT2D eigenvalue weighted by molar-refractivity contribution is -0.118. The van der Waals surface area contributed by atoms with E-state index in [0.29, 0.717) is 9.23 Å². The van der Waals surface area contributed by atoms with E-state index in [1.807, 2.05) is 54.6 Å². The molecular weight excluding hydrogens is 403 g/mol. The van der Waals surface area contributed by atoms with Gasteiger partial charge in [-0.05, 0) is 57.4 Å². The molecule has 1 unspecified atom stereocenters. The van der Waals surface area contributed by atoms with Gasteiger partial charge in [0.2, 0.25) is 0 Å². The molecule has 0 spiro atoms. The van der Waals surface area contributed by atoms with Crippen LogP contribution in [0.3, 0.4) is 0 Å². The second-order valence-corrected chi connectivity index (χ2v) is 8.34. The van der Waals surface area contributed by atoms with Crippen molar-refractivity contribution in [3.8, 4) is 0 Å². The maximum absolute atomic E-state index is 12.2. The van der Waals surface area contributed by atoms with Crippen molar-refractivity contribution in [1.82, 2.24) is 4.67 Å². The van der Waals surface area contributed by atoms with Crippen LogP contribution in [0.4, 0.5) is 17.1 Å². The van der Waals surface area contributed by atoms with Crippen molar-refractivity contribution in [2.45, 2.75) is 0 Å². The van der Waals surface area contributed by atoms with Gasteiger partial charge in [-0.2, -0.15) is 0 Å². The highest BCUT2D eigenvalue weighted by Crippen LogP contribution is 2.36. The maximum Gasteiger partial charge on any atom is 0.269 e. The molecule has 0 aromatic heterocycles. The molecule has 0 radical (unpaired) electrons. The zero-order chi connectivity index (χ0) is 19.5. The summed E-state index contributed by atoms with van der Waals surface area (Å²) in [7, 11) is 2.36. The first-order valence-electron chi connectivity index (χ1n) is 8.66. The van der Waals surface area contributed by atoms with E-state index in [4.69, 9.17) is 12.2 Å². The van der Waals surface area contributed by atoms with Crippen molar-refractivity contribution >= 4 is 66.7 Å². The van der Waals surface area contributed by atoms with Gasteiger partial charge in [0.05, 0.1) is 4.91 Å². The minimum atomic E-state index is -0.0840. The number of carbonyl (C=O) groups is 1. The van der Waals surface area contributed by atoms with E-state index in [0.717, 1.165) is 22.6 Å². The Morgan fingerprint density at radius 3 is 1.79 bits per heavy atom. The summed E-state index contributed by atoms with van der Waals surface area (Å²) in [5.41, 5.74) is 4.19. The van der Waals surface area contributed by atoms with Crippen LogP contribution in [0.25, 0.3) is 6.08 Å². The van der Waals surface area contributed by atoms with Crippen LogP contribution in [0.5, 0.6) is 0 Å². The number of hydrogen-bond donors (Lipinski definition) is 0. The minimum absolute atomic E-state index is 0.0840. The Morgan fingerprint density at radius 2 is 1.32 bits per heavy atom. The molecule has 3 aromatic carbocycles. The highest BCUT2D eigenvalue weighted by atomic mass is 32.2. The van der Waals surface area contributed by atoms with Gasteiger partial charge in [0.25, 0.3) is 5.91 Å². The van der Waals surface area contributed by atoms with E-state index in [9.17, 15) is 4.79 Å². The van der Waals surface area contributed by atoms with E-state index < -0.39 is 0 Å². The van der Waals surface area contributed by atoms with Gasteiger partial charge in [-0.3, -0.25) is 9.46 Å². The molecule has 138 valence electrons. The van der Waals surface area contributed by atoms with E-state index in [1.165, 1.54) is 16.4 Å². The average molecular weight is 420 g/mol. The Balaban J connectivity index is 1.68. The highest BCUT2D eigenvalue weighted by molar-refractivity contribution is 8.27. The first-order valence-corrected chi connectivity index (χ1v) is 10.4. The molecule has 0 saturated carbocycles. The van der Waals surface area contributed by atoms with Crippen molar-refractivity contribution in [2.75, 3.05) is 4.90 Å². The molecule has 1 atom stereocenters. The molecule has 1 saturated heterocycles. The predicted molar refractivity (Wildman–Crippen MR) is 126 cm³/mol. The van der Waals surface area contributed by atoms with Gasteiger partial charge in [0, 0.05) is 17.1 Å². The van der Waals surface area contributed by atoms with Gasteiger partial charge >= 0.3 is 0 Å². The molecule has 0 N–H and O–H groups in total. The minimum Gasteiger partial charge on any atom is -0.311 e. The van der Waals surface area contributed by atoms with E-state index in [1.54, 1.807) is 0 Å². The molecule has 6 heteroatoms. The number of rotatable bonds is 4. The summed E-state index contributed by atoms with van der Waals surface area (Å²) in [4.78, 5) is 15.0. The molecule has 1 aliphatic rings. The summed E-state index contributed by atoms with van der Waals surface area (Å²) in [6.07, 6.45) is 1.88. The molecule has 1 fully saturated rings. The zero-order valence-corrected chi connectivity index (χ0v) is 17.6. The number of carbonyl (C=O) groups excluding carboxylic acids is 1. The van der Waals surface area contributed by atoms with E-state index >= 15 is 0 Å². The van der Waals surface area contributed by atoms with Crippen LogP contribution in [0.15, 0.2) is 89.8 Å². The molecule has 0 bridgehead atoms. The van der Waals surface area contributed by atoms with Gasteiger partial charge < -0.3 is 4.90 Å². The van der Waals surface area contributed by atoms with Crippen molar-refractivity contribution in [1.29, 1.82) is 0 Å². The number of amides is 1. The van der Waals surface area contributed by atoms with Crippen molar-refractivity contribution < 1.29 is 4.79 Å². The molecule has 1 amide bonds. The van der Waals surface area contributed by atoms with E-state index in [2.05, 4.69) is 50.7 Å². The van der Waals surface area contributed by atoms with Crippen LogP contribution in [0.1, 0.15) is 5.56 Å². The van der Waals surface area contributed by atoms with Gasteiger partial charge in [-0.1, -0.05) is 72.5 Å². The first kappa shape index (κ1) is 18.9.